The van der Waals surface area contributed by atoms with Crippen LogP contribution >= 0.6 is 27.3 Å². The van der Waals surface area contributed by atoms with Gasteiger partial charge in [-0.15, -0.1) is 11.3 Å². The monoisotopic (exact) mass is 500 g/mol. The summed E-state index contributed by atoms with van der Waals surface area (Å²) in [5.41, 5.74) is 3.06. The highest BCUT2D eigenvalue weighted by Crippen LogP contribution is 2.23. The van der Waals surface area contributed by atoms with E-state index in [4.69, 9.17) is 0 Å². The van der Waals surface area contributed by atoms with Crippen molar-refractivity contribution < 1.29 is 9.72 Å². The van der Waals surface area contributed by atoms with Crippen molar-refractivity contribution >= 4 is 44.7 Å². The van der Waals surface area contributed by atoms with Gasteiger partial charge < -0.3 is 5.32 Å². The summed E-state index contributed by atoms with van der Waals surface area (Å²) >= 11 is 4.74. The molecular formula is C20H17BrN6O3S. The Balaban J connectivity index is 1.41. The lowest BCUT2D eigenvalue weighted by atomic mass is 10.1. The molecule has 4 aromatic rings. The molecule has 3 heterocycles. The zero-order valence-electron chi connectivity index (χ0n) is 16.4. The number of nitro groups is 1. The van der Waals surface area contributed by atoms with E-state index < -0.39 is 4.92 Å². The molecule has 0 atom stereocenters. The predicted molar refractivity (Wildman–Crippen MR) is 120 cm³/mol. The third-order valence-electron chi connectivity index (χ3n) is 4.43. The number of halogens is 1. The zero-order valence-corrected chi connectivity index (χ0v) is 18.8. The van der Waals surface area contributed by atoms with Crippen LogP contribution in [0.25, 0.3) is 0 Å². The number of nitrogens with zero attached hydrogens (tertiary/aromatic N) is 5. The summed E-state index contributed by atoms with van der Waals surface area (Å²) in [5, 5.41) is 23.8. The topological polar surface area (TPSA) is 108 Å². The molecule has 0 unspecified atom stereocenters. The molecule has 0 saturated heterocycles. The fourth-order valence-electron chi connectivity index (χ4n) is 3.03. The number of nitrogens with one attached hydrogen (secondary N) is 1. The average molecular weight is 501 g/mol. The van der Waals surface area contributed by atoms with Gasteiger partial charge in [0.2, 0.25) is 0 Å². The Morgan fingerprint density at radius 1 is 1.23 bits per heavy atom. The van der Waals surface area contributed by atoms with E-state index in [-0.39, 0.29) is 11.6 Å². The summed E-state index contributed by atoms with van der Waals surface area (Å²) in [4.78, 5) is 23.4. The molecule has 0 saturated carbocycles. The van der Waals surface area contributed by atoms with E-state index in [9.17, 15) is 14.9 Å². The largest absolute Gasteiger partial charge is 0.307 e. The molecule has 11 heteroatoms. The maximum Gasteiger partial charge on any atom is 0.307 e. The first kappa shape index (κ1) is 20.9. The first-order valence-electron chi connectivity index (χ1n) is 9.21. The van der Waals surface area contributed by atoms with Crippen molar-refractivity contribution in [3.05, 3.63) is 90.5 Å². The smallest absolute Gasteiger partial charge is 0.303 e. The lowest BCUT2D eigenvalue weighted by molar-refractivity contribution is -0.385. The second-order valence-corrected chi connectivity index (χ2v) is 8.70. The number of aryl methyl sites for hydroxylation is 1. The summed E-state index contributed by atoms with van der Waals surface area (Å²) in [7, 11) is 0. The minimum absolute atomic E-state index is 0.0701. The summed E-state index contributed by atoms with van der Waals surface area (Å²) in [5.74, 6) is 0.166. The molecule has 0 bridgehead atoms. The first-order chi connectivity index (χ1) is 14.9. The quantitative estimate of drug-likeness (QED) is 0.297. The Hall–Kier alpha value is -3.31. The molecule has 3 aromatic heterocycles. The molecule has 1 N–H and O–H groups in total. The van der Waals surface area contributed by atoms with Crippen LogP contribution in [0.15, 0.2) is 58.8 Å². The third-order valence-corrected chi connectivity index (χ3v) is 5.99. The molecule has 0 spiro atoms. The lowest BCUT2D eigenvalue weighted by Crippen LogP contribution is -2.12. The van der Waals surface area contributed by atoms with Crippen LogP contribution in [0.2, 0.25) is 0 Å². The predicted octanol–water partition coefficient (Wildman–Crippen LogP) is 4.47. The van der Waals surface area contributed by atoms with E-state index in [1.54, 1.807) is 10.7 Å². The molecular weight excluding hydrogens is 484 g/mol. The SMILES string of the molecule is Cc1cccc(Cn2cc(Br)c(NC(=O)c3cc(Cn4cc([N+](=O)[O-])cn4)cs3)n2)c1. The van der Waals surface area contributed by atoms with Crippen molar-refractivity contribution in [2.75, 3.05) is 5.32 Å². The molecule has 1 amide bonds. The van der Waals surface area contributed by atoms with Gasteiger partial charge in [0, 0.05) is 6.20 Å². The van der Waals surface area contributed by atoms with E-state index in [0.717, 1.165) is 11.1 Å². The van der Waals surface area contributed by atoms with Gasteiger partial charge in [0.25, 0.3) is 5.91 Å². The summed E-state index contributed by atoms with van der Waals surface area (Å²) in [6.07, 6.45) is 4.38. The van der Waals surface area contributed by atoms with Crippen LogP contribution in [0.5, 0.6) is 0 Å². The molecule has 4 rings (SSSR count). The number of thiophene rings is 1. The van der Waals surface area contributed by atoms with Gasteiger partial charge >= 0.3 is 5.69 Å². The number of hydrogen-bond donors (Lipinski definition) is 1. The minimum Gasteiger partial charge on any atom is -0.303 e. The Kier molecular flexibility index (Phi) is 5.96. The van der Waals surface area contributed by atoms with Gasteiger partial charge in [0.1, 0.15) is 12.4 Å². The van der Waals surface area contributed by atoms with Crippen LogP contribution in [0.1, 0.15) is 26.4 Å². The van der Waals surface area contributed by atoms with Gasteiger partial charge in [0.05, 0.1) is 27.4 Å². The Morgan fingerprint density at radius 2 is 2.03 bits per heavy atom. The van der Waals surface area contributed by atoms with Crippen molar-refractivity contribution in [3.63, 3.8) is 0 Å². The van der Waals surface area contributed by atoms with Crippen LogP contribution in [0.4, 0.5) is 11.5 Å². The highest BCUT2D eigenvalue weighted by atomic mass is 79.9. The zero-order chi connectivity index (χ0) is 22.0. The van der Waals surface area contributed by atoms with Gasteiger partial charge in [0.15, 0.2) is 5.82 Å². The fourth-order valence-corrected chi connectivity index (χ4v) is 4.24. The van der Waals surface area contributed by atoms with Gasteiger partial charge in [-0.2, -0.15) is 10.2 Å². The number of amides is 1. The normalized spacial score (nSPS) is 10.9. The molecule has 0 aliphatic rings. The summed E-state index contributed by atoms with van der Waals surface area (Å²) < 4.78 is 3.92. The van der Waals surface area contributed by atoms with E-state index in [0.29, 0.717) is 28.3 Å². The number of benzene rings is 1. The van der Waals surface area contributed by atoms with E-state index in [1.165, 1.54) is 34.0 Å². The Labute approximate surface area is 189 Å². The van der Waals surface area contributed by atoms with Crippen molar-refractivity contribution in [1.29, 1.82) is 0 Å². The number of anilines is 1. The fraction of sp³-hybridized carbons (Fsp3) is 0.150. The first-order valence-corrected chi connectivity index (χ1v) is 10.9. The number of hydrogen-bond acceptors (Lipinski definition) is 6. The van der Waals surface area contributed by atoms with Crippen molar-refractivity contribution in [2.45, 2.75) is 20.0 Å². The molecule has 31 heavy (non-hydrogen) atoms. The molecule has 0 aliphatic heterocycles. The maximum atomic E-state index is 12.7. The van der Waals surface area contributed by atoms with E-state index >= 15 is 0 Å². The lowest BCUT2D eigenvalue weighted by Gasteiger charge is -2.03. The minimum atomic E-state index is -0.494. The molecule has 0 radical (unpaired) electrons. The highest BCUT2D eigenvalue weighted by molar-refractivity contribution is 9.10. The molecule has 158 valence electrons. The Bertz CT molecular complexity index is 1260. The molecule has 0 aliphatic carbocycles. The van der Waals surface area contributed by atoms with Crippen LogP contribution in [-0.4, -0.2) is 30.4 Å². The maximum absolute atomic E-state index is 12.7. The molecule has 1 aromatic carbocycles. The number of rotatable bonds is 7. The van der Waals surface area contributed by atoms with Gasteiger partial charge in [-0.25, -0.2) is 0 Å². The van der Waals surface area contributed by atoms with Crippen molar-refractivity contribution in [2.24, 2.45) is 0 Å². The van der Waals surface area contributed by atoms with Crippen LogP contribution in [0, 0.1) is 17.0 Å². The van der Waals surface area contributed by atoms with Gasteiger partial charge in [-0.3, -0.25) is 24.3 Å². The standard InChI is InChI=1S/C20H17BrN6O3S/c1-13-3-2-4-14(5-13)8-26-11-17(21)19(24-26)23-20(28)18-6-15(12-31-18)9-25-10-16(7-22-25)27(29)30/h2-7,10-12H,8-9H2,1H3,(H,23,24,28). The van der Waals surface area contributed by atoms with Crippen LogP contribution in [-0.2, 0) is 13.1 Å². The highest BCUT2D eigenvalue weighted by Gasteiger charge is 2.15. The van der Waals surface area contributed by atoms with Gasteiger partial charge in [-0.1, -0.05) is 29.8 Å². The van der Waals surface area contributed by atoms with Crippen molar-refractivity contribution in [1.82, 2.24) is 19.6 Å². The Morgan fingerprint density at radius 3 is 2.77 bits per heavy atom. The summed E-state index contributed by atoms with van der Waals surface area (Å²) in [6.45, 7) is 2.97. The second kappa shape index (κ2) is 8.82. The molecule has 0 fully saturated rings. The van der Waals surface area contributed by atoms with E-state index in [1.807, 2.05) is 36.7 Å². The summed E-state index contributed by atoms with van der Waals surface area (Å²) in [6, 6.07) is 9.90. The molecule has 9 nitrogen and oxygen atoms in total. The third kappa shape index (κ3) is 5.06. The van der Waals surface area contributed by atoms with E-state index in [2.05, 4.69) is 37.5 Å². The number of carbonyl (C=O) groups is 1. The van der Waals surface area contributed by atoms with Crippen molar-refractivity contribution in [3.8, 4) is 0 Å². The van der Waals surface area contributed by atoms with Crippen LogP contribution in [0.3, 0.4) is 0 Å². The average Bonchev–Trinajstić information content (AvgIpc) is 3.44. The number of carbonyl (C=O) groups excluding carboxylic acids is 1. The second-order valence-electron chi connectivity index (χ2n) is 6.94. The van der Waals surface area contributed by atoms with Crippen LogP contribution < -0.4 is 5.32 Å². The van der Waals surface area contributed by atoms with Gasteiger partial charge in [-0.05, 0) is 45.4 Å². The number of aromatic nitrogens is 4.